The maximum absolute atomic E-state index is 11.6. The van der Waals surface area contributed by atoms with E-state index >= 15 is 0 Å². The third-order valence-electron chi connectivity index (χ3n) is 3.25. The summed E-state index contributed by atoms with van der Waals surface area (Å²) in [5.74, 6) is -0.447. The quantitative estimate of drug-likeness (QED) is 0.727. The topological polar surface area (TPSA) is 102 Å². The van der Waals surface area contributed by atoms with Crippen LogP contribution < -0.4 is 16.4 Å². The second-order valence-electron chi connectivity index (χ2n) is 4.93. The van der Waals surface area contributed by atoms with Gasteiger partial charge in [0.05, 0.1) is 12.6 Å². The van der Waals surface area contributed by atoms with Crippen molar-refractivity contribution in [2.24, 2.45) is 5.73 Å². The van der Waals surface area contributed by atoms with Crippen molar-refractivity contribution in [1.82, 2.24) is 20.4 Å². The van der Waals surface area contributed by atoms with Gasteiger partial charge in [-0.05, 0) is 24.1 Å². The number of rotatable bonds is 6. The minimum absolute atomic E-state index is 0.447. The number of nitrogens with one attached hydrogen (secondary N) is 2. The van der Waals surface area contributed by atoms with Gasteiger partial charge in [0.2, 0.25) is 5.91 Å². The van der Waals surface area contributed by atoms with E-state index in [1.807, 2.05) is 41.2 Å². The average Bonchev–Trinajstić information content (AvgIpc) is 2.98. The largest absolute Gasteiger partial charge is 0.351 e. The highest BCUT2D eigenvalue weighted by Gasteiger charge is 2.14. The van der Waals surface area contributed by atoms with Gasteiger partial charge in [0, 0.05) is 18.9 Å². The number of nitrogens with zero attached hydrogens (tertiary/aromatic N) is 2. The molecule has 0 radical (unpaired) electrons. The number of primary amides is 1. The second-order valence-corrected chi connectivity index (χ2v) is 4.93. The zero-order valence-electron chi connectivity index (χ0n) is 12.3. The summed E-state index contributed by atoms with van der Waals surface area (Å²) in [4.78, 5) is 22.3. The van der Waals surface area contributed by atoms with E-state index in [0.29, 0.717) is 13.1 Å². The second kappa shape index (κ2) is 7.37. The Hall–Kier alpha value is -2.67. The standard InChI is InChI=1S/C15H19N5O2/c1-11(14(21)19-15(16)22)17-9-12-5-2-3-6-13(12)10-20-8-4-7-18-20/h2-8,11,17H,9-10H2,1H3,(H3,16,19,21,22). The van der Waals surface area contributed by atoms with Crippen LogP contribution in [0.5, 0.6) is 0 Å². The van der Waals surface area contributed by atoms with Crippen molar-refractivity contribution in [3.05, 3.63) is 53.9 Å². The number of urea groups is 1. The van der Waals surface area contributed by atoms with Crippen LogP contribution in [0.2, 0.25) is 0 Å². The number of hydrogen-bond donors (Lipinski definition) is 3. The number of imide groups is 1. The lowest BCUT2D eigenvalue weighted by Crippen LogP contribution is -2.46. The molecule has 0 aliphatic heterocycles. The van der Waals surface area contributed by atoms with E-state index in [1.54, 1.807) is 13.1 Å². The van der Waals surface area contributed by atoms with Gasteiger partial charge in [-0.3, -0.25) is 14.8 Å². The first kappa shape index (κ1) is 15.7. The lowest BCUT2D eigenvalue weighted by Gasteiger charge is -2.15. The van der Waals surface area contributed by atoms with Crippen LogP contribution in [-0.2, 0) is 17.9 Å². The van der Waals surface area contributed by atoms with Crippen LogP contribution in [0.1, 0.15) is 18.1 Å². The van der Waals surface area contributed by atoms with Crippen molar-refractivity contribution in [2.45, 2.75) is 26.1 Å². The Morgan fingerprint density at radius 3 is 2.64 bits per heavy atom. The molecule has 116 valence electrons. The molecule has 0 aliphatic rings. The zero-order valence-corrected chi connectivity index (χ0v) is 12.3. The molecule has 2 aromatic rings. The molecule has 1 unspecified atom stereocenters. The fourth-order valence-corrected chi connectivity index (χ4v) is 2.04. The zero-order chi connectivity index (χ0) is 15.9. The van der Waals surface area contributed by atoms with Crippen LogP contribution in [0.25, 0.3) is 0 Å². The van der Waals surface area contributed by atoms with Crippen molar-refractivity contribution >= 4 is 11.9 Å². The molecule has 0 saturated carbocycles. The SMILES string of the molecule is CC(NCc1ccccc1Cn1cccn1)C(=O)NC(N)=O. The number of nitrogens with two attached hydrogens (primary N) is 1. The molecular weight excluding hydrogens is 282 g/mol. The molecule has 1 heterocycles. The van der Waals surface area contributed by atoms with E-state index < -0.39 is 18.0 Å². The van der Waals surface area contributed by atoms with Crippen LogP contribution in [0.4, 0.5) is 4.79 Å². The highest BCUT2D eigenvalue weighted by Crippen LogP contribution is 2.10. The lowest BCUT2D eigenvalue weighted by molar-refractivity contribution is -0.121. The molecule has 1 atom stereocenters. The van der Waals surface area contributed by atoms with Crippen molar-refractivity contribution in [3.63, 3.8) is 0 Å². The molecule has 4 N–H and O–H groups in total. The van der Waals surface area contributed by atoms with Crippen molar-refractivity contribution in [2.75, 3.05) is 0 Å². The molecule has 1 aromatic heterocycles. The highest BCUT2D eigenvalue weighted by molar-refractivity contribution is 5.96. The third kappa shape index (κ3) is 4.42. The molecule has 0 saturated heterocycles. The van der Waals surface area contributed by atoms with Crippen LogP contribution in [0.3, 0.4) is 0 Å². The highest BCUT2D eigenvalue weighted by atomic mass is 16.2. The van der Waals surface area contributed by atoms with Crippen LogP contribution in [0.15, 0.2) is 42.7 Å². The number of amides is 3. The van der Waals surface area contributed by atoms with Gasteiger partial charge in [0.1, 0.15) is 0 Å². The maximum atomic E-state index is 11.6. The van der Waals surface area contributed by atoms with E-state index in [2.05, 4.69) is 15.7 Å². The minimum atomic E-state index is -0.849. The van der Waals surface area contributed by atoms with Crippen molar-refractivity contribution < 1.29 is 9.59 Å². The Balaban J connectivity index is 1.98. The summed E-state index contributed by atoms with van der Waals surface area (Å²) in [7, 11) is 0. The number of carbonyl (C=O) groups is 2. The molecule has 0 bridgehead atoms. The Labute approximate surface area is 128 Å². The summed E-state index contributed by atoms with van der Waals surface area (Å²) in [6.07, 6.45) is 3.63. The molecule has 7 heteroatoms. The monoisotopic (exact) mass is 301 g/mol. The molecule has 2 rings (SSSR count). The van der Waals surface area contributed by atoms with E-state index in [0.717, 1.165) is 11.1 Å². The smallest absolute Gasteiger partial charge is 0.318 e. The maximum Gasteiger partial charge on any atom is 0.318 e. The van der Waals surface area contributed by atoms with Crippen LogP contribution in [0, 0.1) is 0 Å². The number of benzene rings is 1. The first-order valence-corrected chi connectivity index (χ1v) is 6.94. The van der Waals surface area contributed by atoms with E-state index in [4.69, 9.17) is 5.73 Å². The van der Waals surface area contributed by atoms with Gasteiger partial charge >= 0.3 is 6.03 Å². The Morgan fingerprint density at radius 1 is 1.27 bits per heavy atom. The summed E-state index contributed by atoms with van der Waals surface area (Å²) < 4.78 is 1.84. The van der Waals surface area contributed by atoms with Gasteiger partial charge in [-0.15, -0.1) is 0 Å². The number of carbonyl (C=O) groups excluding carboxylic acids is 2. The van der Waals surface area contributed by atoms with Crippen LogP contribution >= 0.6 is 0 Å². The summed E-state index contributed by atoms with van der Waals surface area (Å²) in [6, 6.07) is 8.42. The van der Waals surface area contributed by atoms with E-state index in [1.165, 1.54) is 0 Å². The fraction of sp³-hybridized carbons (Fsp3) is 0.267. The van der Waals surface area contributed by atoms with Crippen molar-refractivity contribution in [1.29, 1.82) is 0 Å². The third-order valence-corrected chi connectivity index (χ3v) is 3.25. The first-order chi connectivity index (χ1) is 10.6. The molecule has 0 aliphatic carbocycles. The number of aromatic nitrogens is 2. The molecular formula is C15H19N5O2. The molecule has 22 heavy (non-hydrogen) atoms. The van der Waals surface area contributed by atoms with Gasteiger partial charge in [0.15, 0.2) is 0 Å². The normalized spacial score (nSPS) is 11.9. The predicted molar refractivity (Wildman–Crippen MR) is 81.8 cm³/mol. The molecule has 0 spiro atoms. The molecule has 3 amide bonds. The van der Waals surface area contributed by atoms with Gasteiger partial charge in [-0.1, -0.05) is 24.3 Å². The fourth-order valence-electron chi connectivity index (χ4n) is 2.04. The lowest BCUT2D eigenvalue weighted by atomic mass is 10.1. The van der Waals surface area contributed by atoms with Gasteiger partial charge in [0.25, 0.3) is 0 Å². The van der Waals surface area contributed by atoms with E-state index in [-0.39, 0.29) is 0 Å². The first-order valence-electron chi connectivity index (χ1n) is 6.94. The number of hydrogen-bond acceptors (Lipinski definition) is 4. The molecule has 7 nitrogen and oxygen atoms in total. The molecule has 1 aromatic carbocycles. The van der Waals surface area contributed by atoms with Gasteiger partial charge in [-0.2, -0.15) is 5.10 Å². The van der Waals surface area contributed by atoms with Crippen molar-refractivity contribution in [3.8, 4) is 0 Å². The Bertz CT molecular complexity index is 639. The Morgan fingerprint density at radius 2 is 2.00 bits per heavy atom. The van der Waals surface area contributed by atoms with Gasteiger partial charge in [-0.25, -0.2) is 4.79 Å². The van der Waals surface area contributed by atoms with E-state index in [9.17, 15) is 9.59 Å². The molecule has 0 fully saturated rings. The summed E-state index contributed by atoms with van der Waals surface area (Å²) in [6.45, 7) is 2.84. The summed E-state index contributed by atoms with van der Waals surface area (Å²) in [5.41, 5.74) is 7.11. The Kier molecular flexibility index (Phi) is 5.26. The van der Waals surface area contributed by atoms with Crippen LogP contribution in [-0.4, -0.2) is 27.8 Å². The average molecular weight is 301 g/mol. The predicted octanol–water partition coefficient (Wildman–Crippen LogP) is 0.604. The minimum Gasteiger partial charge on any atom is -0.351 e. The summed E-state index contributed by atoms with van der Waals surface area (Å²) in [5, 5.41) is 9.32. The summed E-state index contributed by atoms with van der Waals surface area (Å²) >= 11 is 0. The van der Waals surface area contributed by atoms with Gasteiger partial charge < -0.3 is 11.1 Å².